The van der Waals surface area contributed by atoms with Crippen LogP contribution in [0.1, 0.15) is 13.3 Å². The minimum absolute atomic E-state index is 0.685. The number of benzene rings is 1. The molecule has 1 N–H and O–H groups in total. The summed E-state index contributed by atoms with van der Waals surface area (Å²) in [7, 11) is 0. The number of para-hydroxylation sites is 1. The highest BCUT2D eigenvalue weighted by molar-refractivity contribution is 5.78. The Bertz CT molecular complexity index is 673. The van der Waals surface area contributed by atoms with Crippen LogP contribution in [-0.2, 0) is 0 Å². The Balaban J connectivity index is 2.05. The molecular formula is C15H16N4. The summed E-state index contributed by atoms with van der Waals surface area (Å²) in [6.45, 7) is 3.01. The first kappa shape index (κ1) is 11.7. The summed E-state index contributed by atoms with van der Waals surface area (Å²) in [6, 6.07) is 12.2. The molecule has 0 aliphatic heterocycles. The summed E-state index contributed by atoms with van der Waals surface area (Å²) >= 11 is 0. The summed E-state index contributed by atoms with van der Waals surface area (Å²) in [5.41, 5.74) is 2.04. The van der Waals surface area contributed by atoms with E-state index >= 15 is 0 Å². The molecule has 4 heteroatoms. The van der Waals surface area contributed by atoms with E-state index in [9.17, 15) is 0 Å². The number of nitrogens with one attached hydrogen (secondary N) is 1. The molecule has 2 heterocycles. The second-order valence-electron chi connectivity index (χ2n) is 4.42. The Labute approximate surface area is 112 Å². The van der Waals surface area contributed by atoms with Gasteiger partial charge in [0.2, 0.25) is 5.95 Å². The van der Waals surface area contributed by atoms with Crippen LogP contribution < -0.4 is 5.32 Å². The Kier molecular flexibility index (Phi) is 3.14. The van der Waals surface area contributed by atoms with Crippen molar-refractivity contribution in [1.29, 1.82) is 0 Å². The lowest BCUT2D eigenvalue weighted by Crippen LogP contribution is -2.05. The van der Waals surface area contributed by atoms with E-state index in [1.807, 2.05) is 36.7 Å². The third-order valence-corrected chi connectivity index (χ3v) is 2.99. The van der Waals surface area contributed by atoms with E-state index in [1.54, 1.807) is 0 Å². The number of anilines is 1. The second-order valence-corrected chi connectivity index (χ2v) is 4.42. The first-order chi connectivity index (χ1) is 9.38. The zero-order chi connectivity index (χ0) is 13.1. The normalized spacial score (nSPS) is 10.8. The van der Waals surface area contributed by atoms with Gasteiger partial charge in [-0.25, -0.2) is 4.98 Å². The molecule has 0 unspecified atom stereocenters. The highest BCUT2D eigenvalue weighted by atomic mass is 15.1. The van der Waals surface area contributed by atoms with Crippen molar-refractivity contribution in [1.82, 2.24) is 14.5 Å². The SMILES string of the molecule is CCCNc1ncc2ccn(-c3ccccc3)c2n1. The van der Waals surface area contributed by atoms with Crippen molar-refractivity contribution >= 4 is 17.0 Å². The molecule has 3 aromatic rings. The predicted octanol–water partition coefficient (Wildman–Crippen LogP) is 3.24. The fourth-order valence-corrected chi connectivity index (χ4v) is 2.04. The summed E-state index contributed by atoms with van der Waals surface area (Å²) in [6.07, 6.45) is 4.94. The molecule has 1 aromatic carbocycles. The molecule has 0 saturated heterocycles. The Morgan fingerprint density at radius 2 is 2.00 bits per heavy atom. The van der Waals surface area contributed by atoms with Crippen LogP contribution in [0.2, 0.25) is 0 Å². The molecular weight excluding hydrogens is 236 g/mol. The van der Waals surface area contributed by atoms with Crippen LogP contribution >= 0.6 is 0 Å². The molecule has 4 nitrogen and oxygen atoms in total. The Hall–Kier alpha value is -2.36. The van der Waals surface area contributed by atoms with E-state index in [-0.39, 0.29) is 0 Å². The summed E-state index contributed by atoms with van der Waals surface area (Å²) in [5, 5.41) is 4.27. The van der Waals surface area contributed by atoms with Gasteiger partial charge in [-0.15, -0.1) is 0 Å². The molecule has 3 rings (SSSR count). The van der Waals surface area contributed by atoms with Crippen LogP contribution in [0.3, 0.4) is 0 Å². The van der Waals surface area contributed by atoms with Crippen molar-refractivity contribution in [2.75, 3.05) is 11.9 Å². The maximum absolute atomic E-state index is 4.59. The number of aromatic nitrogens is 3. The third kappa shape index (κ3) is 2.29. The molecule has 0 atom stereocenters. The zero-order valence-corrected chi connectivity index (χ0v) is 10.9. The van der Waals surface area contributed by atoms with Gasteiger partial charge in [0, 0.05) is 30.0 Å². The summed E-state index contributed by atoms with van der Waals surface area (Å²) < 4.78 is 2.08. The molecule has 2 aromatic heterocycles. The lowest BCUT2D eigenvalue weighted by atomic mass is 10.3. The van der Waals surface area contributed by atoms with Gasteiger partial charge >= 0.3 is 0 Å². The molecule has 0 amide bonds. The van der Waals surface area contributed by atoms with Crippen LogP contribution in [0.25, 0.3) is 16.7 Å². The van der Waals surface area contributed by atoms with E-state index in [4.69, 9.17) is 0 Å². The predicted molar refractivity (Wildman–Crippen MR) is 77.6 cm³/mol. The first-order valence-corrected chi connectivity index (χ1v) is 6.52. The highest BCUT2D eigenvalue weighted by Crippen LogP contribution is 2.18. The van der Waals surface area contributed by atoms with Crippen LogP contribution in [0.5, 0.6) is 0 Å². The van der Waals surface area contributed by atoms with Crippen molar-refractivity contribution < 1.29 is 0 Å². The zero-order valence-electron chi connectivity index (χ0n) is 10.9. The van der Waals surface area contributed by atoms with Gasteiger partial charge in [-0.2, -0.15) is 4.98 Å². The number of hydrogen-bond acceptors (Lipinski definition) is 3. The number of hydrogen-bond donors (Lipinski definition) is 1. The summed E-state index contributed by atoms with van der Waals surface area (Å²) in [4.78, 5) is 8.91. The van der Waals surface area contributed by atoms with Gasteiger partial charge in [-0.1, -0.05) is 25.1 Å². The minimum Gasteiger partial charge on any atom is -0.354 e. The largest absolute Gasteiger partial charge is 0.354 e. The van der Waals surface area contributed by atoms with Crippen molar-refractivity contribution in [2.45, 2.75) is 13.3 Å². The van der Waals surface area contributed by atoms with E-state index in [2.05, 4.69) is 38.9 Å². The molecule has 0 aliphatic rings. The van der Waals surface area contributed by atoms with Gasteiger partial charge in [0.05, 0.1) is 0 Å². The van der Waals surface area contributed by atoms with Gasteiger partial charge in [-0.05, 0) is 24.6 Å². The van der Waals surface area contributed by atoms with E-state index in [0.29, 0.717) is 5.95 Å². The molecule has 0 fully saturated rings. The van der Waals surface area contributed by atoms with Gasteiger partial charge < -0.3 is 9.88 Å². The third-order valence-electron chi connectivity index (χ3n) is 2.99. The number of nitrogens with zero attached hydrogens (tertiary/aromatic N) is 3. The fourth-order valence-electron chi connectivity index (χ4n) is 2.04. The lowest BCUT2D eigenvalue weighted by Gasteiger charge is -2.06. The van der Waals surface area contributed by atoms with Crippen LogP contribution in [0.15, 0.2) is 48.8 Å². The Morgan fingerprint density at radius 1 is 1.16 bits per heavy atom. The smallest absolute Gasteiger partial charge is 0.224 e. The molecule has 0 spiro atoms. The van der Waals surface area contributed by atoms with E-state index in [1.165, 1.54) is 0 Å². The lowest BCUT2D eigenvalue weighted by molar-refractivity contribution is 0.953. The number of fused-ring (bicyclic) bond motifs is 1. The second kappa shape index (κ2) is 5.10. The van der Waals surface area contributed by atoms with Crippen LogP contribution in [-0.4, -0.2) is 21.1 Å². The molecule has 0 bridgehead atoms. The van der Waals surface area contributed by atoms with Gasteiger partial charge in [0.1, 0.15) is 5.65 Å². The highest BCUT2D eigenvalue weighted by Gasteiger charge is 2.06. The quantitative estimate of drug-likeness (QED) is 0.775. The monoisotopic (exact) mass is 252 g/mol. The van der Waals surface area contributed by atoms with E-state index < -0.39 is 0 Å². The van der Waals surface area contributed by atoms with Crippen LogP contribution in [0.4, 0.5) is 5.95 Å². The fraction of sp³-hybridized carbons (Fsp3) is 0.200. The summed E-state index contributed by atoms with van der Waals surface area (Å²) in [5.74, 6) is 0.685. The van der Waals surface area contributed by atoms with Crippen molar-refractivity contribution in [2.24, 2.45) is 0 Å². The van der Waals surface area contributed by atoms with Crippen molar-refractivity contribution in [3.63, 3.8) is 0 Å². The average Bonchev–Trinajstić information content (AvgIpc) is 2.89. The standard InChI is InChI=1S/C15H16N4/c1-2-9-16-15-17-11-12-8-10-19(14(12)18-15)13-6-4-3-5-7-13/h3-8,10-11H,2,9H2,1H3,(H,16,17,18). The van der Waals surface area contributed by atoms with Gasteiger partial charge in [0.15, 0.2) is 0 Å². The van der Waals surface area contributed by atoms with Crippen molar-refractivity contribution in [3.8, 4) is 5.69 Å². The molecule has 0 aliphatic carbocycles. The minimum atomic E-state index is 0.685. The molecule has 19 heavy (non-hydrogen) atoms. The topological polar surface area (TPSA) is 42.7 Å². The van der Waals surface area contributed by atoms with Gasteiger partial charge in [0.25, 0.3) is 0 Å². The maximum atomic E-state index is 4.59. The average molecular weight is 252 g/mol. The Morgan fingerprint density at radius 3 is 2.79 bits per heavy atom. The maximum Gasteiger partial charge on any atom is 0.224 e. The van der Waals surface area contributed by atoms with E-state index in [0.717, 1.165) is 29.7 Å². The number of rotatable bonds is 4. The molecule has 0 radical (unpaired) electrons. The molecule has 0 saturated carbocycles. The van der Waals surface area contributed by atoms with Crippen LogP contribution in [0, 0.1) is 0 Å². The van der Waals surface area contributed by atoms with Crippen molar-refractivity contribution in [3.05, 3.63) is 48.8 Å². The molecule has 96 valence electrons. The van der Waals surface area contributed by atoms with Gasteiger partial charge in [-0.3, -0.25) is 0 Å². The first-order valence-electron chi connectivity index (χ1n) is 6.52.